The van der Waals surface area contributed by atoms with Crippen LogP contribution in [0.2, 0.25) is 0 Å². The monoisotopic (exact) mass is 434 g/mol. The lowest BCUT2D eigenvalue weighted by molar-refractivity contribution is -0.113. The maximum Gasteiger partial charge on any atom is 0.234 e. The molecule has 0 aliphatic heterocycles. The Hall–Kier alpha value is -3.65. The second-order valence-electron chi connectivity index (χ2n) is 6.53. The number of carbonyl (C=O) groups is 1. The summed E-state index contributed by atoms with van der Waals surface area (Å²) >= 11 is 1.22. The van der Waals surface area contributed by atoms with Crippen molar-refractivity contribution in [2.45, 2.75) is 5.16 Å². The van der Waals surface area contributed by atoms with Gasteiger partial charge in [0.15, 0.2) is 11.0 Å². The lowest BCUT2D eigenvalue weighted by atomic mass is 10.2. The molecule has 0 bridgehead atoms. The number of anilines is 1. The van der Waals surface area contributed by atoms with E-state index in [9.17, 15) is 9.18 Å². The highest BCUT2D eigenvalue weighted by molar-refractivity contribution is 7.99. The Kier molecular flexibility index (Phi) is 6.28. The lowest BCUT2D eigenvalue weighted by Gasteiger charge is -2.11. The number of hydrogen-bond donors (Lipinski definition) is 1. The van der Waals surface area contributed by atoms with Crippen molar-refractivity contribution in [2.24, 2.45) is 0 Å². The van der Waals surface area contributed by atoms with E-state index in [1.165, 1.54) is 17.8 Å². The van der Waals surface area contributed by atoms with E-state index in [0.29, 0.717) is 28.0 Å². The van der Waals surface area contributed by atoms with Gasteiger partial charge >= 0.3 is 0 Å². The van der Waals surface area contributed by atoms with Crippen LogP contribution in [0.3, 0.4) is 0 Å². The average Bonchev–Trinajstić information content (AvgIpc) is 3.22. The first-order valence-electron chi connectivity index (χ1n) is 9.48. The van der Waals surface area contributed by atoms with Crippen LogP contribution in [-0.4, -0.2) is 33.5 Å². The van der Waals surface area contributed by atoms with Gasteiger partial charge in [-0.05, 0) is 36.4 Å². The first-order valence-corrected chi connectivity index (χ1v) is 10.5. The zero-order chi connectivity index (χ0) is 21.6. The van der Waals surface area contributed by atoms with Gasteiger partial charge in [-0.2, -0.15) is 0 Å². The molecule has 0 spiro atoms. The highest BCUT2D eigenvalue weighted by Gasteiger charge is 2.19. The fourth-order valence-electron chi connectivity index (χ4n) is 3.02. The number of amides is 1. The van der Waals surface area contributed by atoms with Crippen molar-refractivity contribution >= 4 is 23.4 Å². The quantitative estimate of drug-likeness (QED) is 0.423. The smallest absolute Gasteiger partial charge is 0.234 e. The summed E-state index contributed by atoms with van der Waals surface area (Å²) < 4.78 is 21.4. The molecule has 0 radical (unpaired) electrons. The number of nitrogens with zero attached hydrogens (tertiary/aromatic N) is 3. The highest BCUT2D eigenvalue weighted by atomic mass is 32.2. The number of thioether (sulfide) groups is 1. The summed E-state index contributed by atoms with van der Waals surface area (Å²) in [4.78, 5) is 12.5. The van der Waals surface area contributed by atoms with Crippen molar-refractivity contribution < 1.29 is 13.9 Å². The molecule has 4 rings (SSSR count). The molecule has 0 unspecified atom stereocenters. The summed E-state index contributed by atoms with van der Waals surface area (Å²) in [5.41, 5.74) is 1.76. The van der Waals surface area contributed by atoms with Gasteiger partial charge < -0.3 is 10.1 Å². The van der Waals surface area contributed by atoms with Crippen molar-refractivity contribution in [1.82, 2.24) is 14.8 Å². The van der Waals surface area contributed by atoms with Crippen LogP contribution in [0, 0.1) is 5.82 Å². The largest absolute Gasteiger partial charge is 0.497 e. The predicted molar refractivity (Wildman–Crippen MR) is 119 cm³/mol. The van der Waals surface area contributed by atoms with Crippen molar-refractivity contribution in [2.75, 3.05) is 18.2 Å². The number of aromatic nitrogens is 3. The first-order chi connectivity index (χ1) is 15.2. The van der Waals surface area contributed by atoms with Gasteiger partial charge in [0, 0.05) is 17.4 Å². The molecule has 1 amide bonds. The molecular weight excluding hydrogens is 415 g/mol. The predicted octanol–water partition coefficient (Wildman–Crippen LogP) is 4.81. The molecule has 0 aliphatic rings. The molecule has 8 heteroatoms. The number of nitrogens with one attached hydrogen (secondary N) is 1. The summed E-state index contributed by atoms with van der Waals surface area (Å²) in [6.45, 7) is 0. The van der Waals surface area contributed by atoms with E-state index in [1.807, 2.05) is 30.3 Å². The van der Waals surface area contributed by atoms with Gasteiger partial charge in [-0.15, -0.1) is 10.2 Å². The Morgan fingerprint density at radius 3 is 2.58 bits per heavy atom. The van der Waals surface area contributed by atoms with Crippen LogP contribution in [0.4, 0.5) is 10.1 Å². The Morgan fingerprint density at radius 1 is 1.03 bits per heavy atom. The van der Waals surface area contributed by atoms with Crippen molar-refractivity contribution in [1.29, 1.82) is 0 Å². The fraction of sp³-hybridized carbons (Fsp3) is 0.0870. The zero-order valence-electron chi connectivity index (χ0n) is 16.7. The van der Waals surface area contributed by atoms with Crippen molar-refractivity contribution in [3.8, 4) is 22.8 Å². The van der Waals surface area contributed by atoms with Gasteiger partial charge in [0.05, 0.1) is 18.4 Å². The topological polar surface area (TPSA) is 69.0 Å². The second-order valence-corrected chi connectivity index (χ2v) is 7.47. The Morgan fingerprint density at radius 2 is 1.81 bits per heavy atom. The van der Waals surface area contributed by atoms with Crippen LogP contribution in [0.15, 0.2) is 84.0 Å². The molecule has 0 saturated carbocycles. The molecule has 0 aliphatic carbocycles. The molecule has 31 heavy (non-hydrogen) atoms. The average molecular weight is 434 g/mol. The fourth-order valence-corrected chi connectivity index (χ4v) is 3.77. The molecular formula is C23H19FN4O2S. The van der Waals surface area contributed by atoms with Gasteiger partial charge in [0.25, 0.3) is 0 Å². The van der Waals surface area contributed by atoms with Crippen molar-refractivity contribution in [3.63, 3.8) is 0 Å². The van der Waals surface area contributed by atoms with Gasteiger partial charge in [-0.1, -0.05) is 48.2 Å². The third-order valence-electron chi connectivity index (χ3n) is 4.45. The van der Waals surface area contributed by atoms with E-state index in [0.717, 1.165) is 5.69 Å². The minimum absolute atomic E-state index is 0.111. The van der Waals surface area contributed by atoms with E-state index in [4.69, 9.17) is 4.74 Å². The Bertz CT molecular complexity index is 1200. The molecule has 0 saturated heterocycles. The number of rotatable bonds is 7. The number of para-hydroxylation sites is 1. The van der Waals surface area contributed by atoms with E-state index in [1.54, 1.807) is 54.1 Å². The number of hydrogen-bond acceptors (Lipinski definition) is 5. The van der Waals surface area contributed by atoms with Crippen LogP contribution >= 0.6 is 11.8 Å². The molecule has 1 N–H and O–H groups in total. The number of carbonyl (C=O) groups excluding carboxylic acids is 1. The minimum Gasteiger partial charge on any atom is -0.497 e. The minimum atomic E-state index is -0.389. The van der Waals surface area contributed by atoms with E-state index < -0.39 is 0 Å². The molecule has 4 aromatic rings. The maximum atomic E-state index is 14.4. The van der Waals surface area contributed by atoms with Gasteiger partial charge in [0.1, 0.15) is 11.6 Å². The van der Waals surface area contributed by atoms with Gasteiger partial charge in [0.2, 0.25) is 5.91 Å². The number of benzene rings is 3. The number of ether oxygens (including phenoxy) is 1. The Balaban J connectivity index is 1.58. The second kappa shape index (κ2) is 9.44. The molecule has 6 nitrogen and oxygen atoms in total. The molecule has 156 valence electrons. The van der Waals surface area contributed by atoms with Crippen LogP contribution in [0.5, 0.6) is 5.75 Å². The molecule has 1 aromatic heterocycles. The molecule has 0 atom stereocenters. The molecule has 1 heterocycles. The third-order valence-corrected chi connectivity index (χ3v) is 5.38. The highest BCUT2D eigenvalue weighted by Crippen LogP contribution is 2.29. The van der Waals surface area contributed by atoms with Crippen LogP contribution < -0.4 is 10.1 Å². The van der Waals surface area contributed by atoms with Crippen LogP contribution in [0.1, 0.15) is 0 Å². The summed E-state index contributed by atoms with van der Waals surface area (Å²) in [5, 5.41) is 11.8. The third kappa shape index (κ3) is 4.75. The standard InChI is InChI=1S/C23H19FN4O2S/c1-30-18-11-7-8-16(14-18)25-21(29)15-31-23-27-26-22(19-12-5-6-13-20(19)24)28(23)17-9-3-2-4-10-17/h2-14H,15H2,1H3,(H,25,29). The zero-order valence-corrected chi connectivity index (χ0v) is 17.5. The van der Waals surface area contributed by atoms with Crippen molar-refractivity contribution in [3.05, 3.63) is 84.7 Å². The number of halogens is 1. The Labute approximate surface area is 183 Å². The number of methoxy groups -OCH3 is 1. The first kappa shape index (κ1) is 20.6. The van der Waals surface area contributed by atoms with Gasteiger partial charge in [-0.3, -0.25) is 9.36 Å². The van der Waals surface area contributed by atoms with E-state index >= 15 is 0 Å². The summed E-state index contributed by atoms with van der Waals surface area (Å²) in [6.07, 6.45) is 0. The summed E-state index contributed by atoms with van der Waals surface area (Å²) in [5.74, 6) is 0.552. The van der Waals surface area contributed by atoms with Crippen LogP contribution in [0.25, 0.3) is 17.1 Å². The molecule has 3 aromatic carbocycles. The molecule has 0 fully saturated rings. The normalized spacial score (nSPS) is 10.6. The van der Waals surface area contributed by atoms with Gasteiger partial charge in [-0.25, -0.2) is 4.39 Å². The van der Waals surface area contributed by atoms with E-state index in [2.05, 4.69) is 15.5 Å². The van der Waals surface area contributed by atoms with E-state index in [-0.39, 0.29) is 17.5 Å². The summed E-state index contributed by atoms with van der Waals surface area (Å²) in [6, 6.07) is 23.0. The summed E-state index contributed by atoms with van der Waals surface area (Å²) in [7, 11) is 1.57. The van der Waals surface area contributed by atoms with Crippen LogP contribution in [-0.2, 0) is 4.79 Å². The SMILES string of the molecule is COc1cccc(NC(=O)CSc2nnc(-c3ccccc3F)n2-c2ccccc2)c1. The lowest BCUT2D eigenvalue weighted by Crippen LogP contribution is -2.14. The maximum absolute atomic E-state index is 14.4.